The van der Waals surface area contributed by atoms with Gasteiger partial charge in [0.15, 0.2) is 10.2 Å². The number of fused-ring (bicyclic) bond motifs is 1. The zero-order valence-corrected chi connectivity index (χ0v) is 17.7. The van der Waals surface area contributed by atoms with E-state index in [0.29, 0.717) is 15.6 Å². The molecule has 1 aromatic heterocycles. The van der Waals surface area contributed by atoms with E-state index < -0.39 is 0 Å². The van der Waals surface area contributed by atoms with Crippen molar-refractivity contribution in [3.05, 3.63) is 102 Å². The topological polar surface area (TPSA) is 60.7 Å². The van der Waals surface area contributed by atoms with Gasteiger partial charge in [-0.15, -0.1) is 10.2 Å². The van der Waals surface area contributed by atoms with Gasteiger partial charge in [-0.3, -0.25) is 0 Å². The molecule has 4 rings (SSSR count). The Hall–Kier alpha value is -3.22. The molecular weight excluding hydrogens is 410 g/mol. The zero-order chi connectivity index (χ0) is 20.8. The quantitative estimate of drug-likeness (QED) is 0.264. The predicted octanol–water partition coefficient (Wildman–Crippen LogP) is 7.04. The first-order valence-corrected chi connectivity index (χ1v) is 10.8. The Morgan fingerprint density at radius 3 is 2.33 bits per heavy atom. The monoisotopic (exact) mass is 429 g/mol. The van der Waals surface area contributed by atoms with Gasteiger partial charge in [-0.2, -0.15) is 0 Å². The lowest BCUT2D eigenvalue weighted by Crippen LogP contribution is -1.86. The fourth-order valence-corrected chi connectivity index (χ4v) is 3.85. The molecule has 0 amide bonds. The number of hydrogen-bond acceptors (Lipinski definition) is 4. The van der Waals surface area contributed by atoms with E-state index in [2.05, 4.69) is 27.3 Å². The van der Waals surface area contributed by atoms with Gasteiger partial charge >= 0.3 is 0 Å². The van der Waals surface area contributed by atoms with Crippen LogP contribution in [0.3, 0.4) is 0 Å². The highest BCUT2D eigenvalue weighted by molar-refractivity contribution is 8.22. The molecule has 4 nitrogen and oxygen atoms in total. The van der Waals surface area contributed by atoms with Crippen molar-refractivity contribution >= 4 is 51.0 Å². The molecule has 0 aliphatic carbocycles. The van der Waals surface area contributed by atoms with E-state index in [-0.39, 0.29) is 5.88 Å². The second kappa shape index (κ2) is 9.52. The van der Waals surface area contributed by atoms with Crippen molar-refractivity contribution in [3.63, 3.8) is 0 Å². The normalized spacial score (nSPS) is 11.9. The smallest absolute Gasteiger partial charge is 0.196 e. The molecule has 0 saturated heterocycles. The summed E-state index contributed by atoms with van der Waals surface area (Å²) >= 11 is 6.86. The maximum Gasteiger partial charge on any atom is 0.196 e. The largest absolute Gasteiger partial charge is 0.494 e. The van der Waals surface area contributed by atoms with Crippen LogP contribution in [0.1, 0.15) is 16.7 Å². The zero-order valence-electron chi connectivity index (χ0n) is 16.0. The maximum atomic E-state index is 10.4. The standard InChI is InChI=1S/C24H19N3OS2/c28-23-20(19-13-7-8-14-21(19)25-23)15-22(18-11-5-2-6-12-18)26-27-24(29)30-16-17-9-3-1-4-10-17/h1-15,25,28H,16H2/b22-15-,27-26?. The van der Waals surface area contributed by atoms with Gasteiger partial charge in [0.1, 0.15) is 0 Å². The van der Waals surface area contributed by atoms with Crippen LogP contribution >= 0.6 is 24.0 Å². The highest BCUT2D eigenvalue weighted by atomic mass is 32.2. The molecule has 0 spiro atoms. The summed E-state index contributed by atoms with van der Waals surface area (Å²) in [6, 6.07) is 27.6. The second-order valence-corrected chi connectivity index (χ2v) is 8.18. The van der Waals surface area contributed by atoms with Crippen molar-refractivity contribution in [1.82, 2.24) is 4.98 Å². The van der Waals surface area contributed by atoms with Crippen LogP contribution in [-0.2, 0) is 5.75 Å². The lowest BCUT2D eigenvalue weighted by atomic mass is 10.1. The number of aromatic amines is 1. The Bertz CT molecular complexity index is 1220. The van der Waals surface area contributed by atoms with Gasteiger partial charge in [-0.25, -0.2) is 0 Å². The Morgan fingerprint density at radius 2 is 1.57 bits per heavy atom. The number of nitrogens with one attached hydrogen (secondary N) is 1. The highest BCUT2D eigenvalue weighted by Crippen LogP contribution is 2.31. The lowest BCUT2D eigenvalue weighted by molar-refractivity contribution is 0.457. The third-order valence-electron chi connectivity index (χ3n) is 4.52. The van der Waals surface area contributed by atoms with E-state index in [1.807, 2.05) is 78.9 Å². The predicted molar refractivity (Wildman–Crippen MR) is 129 cm³/mol. The number of benzene rings is 3. The summed E-state index contributed by atoms with van der Waals surface area (Å²) in [6.45, 7) is 0. The number of H-pyrrole nitrogens is 1. The van der Waals surface area contributed by atoms with Crippen LogP contribution in [-0.4, -0.2) is 14.4 Å². The number of aromatic hydroxyl groups is 1. The summed E-state index contributed by atoms with van der Waals surface area (Å²) in [5, 5.41) is 20.0. The van der Waals surface area contributed by atoms with Gasteiger partial charge < -0.3 is 10.1 Å². The Morgan fingerprint density at radius 1 is 0.900 bits per heavy atom. The van der Waals surface area contributed by atoms with Gasteiger partial charge in [0.2, 0.25) is 0 Å². The number of nitrogens with zero attached hydrogens (tertiary/aromatic N) is 2. The van der Waals surface area contributed by atoms with Crippen LogP contribution in [0.4, 0.5) is 0 Å². The molecule has 0 aliphatic heterocycles. The van der Waals surface area contributed by atoms with Crippen molar-refractivity contribution in [3.8, 4) is 5.88 Å². The van der Waals surface area contributed by atoms with Crippen molar-refractivity contribution in [2.45, 2.75) is 5.75 Å². The number of rotatable bonds is 5. The van der Waals surface area contributed by atoms with Crippen molar-refractivity contribution < 1.29 is 5.11 Å². The minimum atomic E-state index is 0.0980. The van der Waals surface area contributed by atoms with E-state index in [0.717, 1.165) is 22.2 Å². The van der Waals surface area contributed by atoms with Crippen LogP contribution < -0.4 is 0 Å². The molecule has 4 aromatic rings. The molecule has 30 heavy (non-hydrogen) atoms. The number of aromatic nitrogens is 1. The molecule has 0 fully saturated rings. The third-order valence-corrected chi connectivity index (χ3v) is 5.76. The molecule has 0 unspecified atom stereocenters. The minimum Gasteiger partial charge on any atom is -0.494 e. The molecule has 3 aromatic carbocycles. The van der Waals surface area contributed by atoms with Crippen molar-refractivity contribution in [2.24, 2.45) is 10.2 Å². The maximum absolute atomic E-state index is 10.4. The van der Waals surface area contributed by atoms with Crippen LogP contribution in [0.2, 0.25) is 0 Å². The number of azo groups is 1. The fourth-order valence-electron chi connectivity index (χ4n) is 3.05. The van der Waals surface area contributed by atoms with Crippen LogP contribution in [0, 0.1) is 0 Å². The Balaban J connectivity index is 1.62. The number of hydrogen-bond donors (Lipinski definition) is 2. The Kier molecular flexibility index (Phi) is 6.37. The molecule has 2 N–H and O–H groups in total. The van der Waals surface area contributed by atoms with Gasteiger partial charge in [-0.1, -0.05) is 90.6 Å². The first-order valence-electron chi connectivity index (χ1n) is 9.40. The lowest BCUT2D eigenvalue weighted by Gasteiger charge is -2.03. The molecule has 148 valence electrons. The first-order chi connectivity index (χ1) is 14.7. The van der Waals surface area contributed by atoms with E-state index in [1.54, 1.807) is 0 Å². The number of para-hydroxylation sites is 1. The van der Waals surface area contributed by atoms with Gasteiger partial charge in [0.25, 0.3) is 0 Å². The van der Waals surface area contributed by atoms with Crippen molar-refractivity contribution in [1.29, 1.82) is 0 Å². The summed E-state index contributed by atoms with van der Waals surface area (Å²) in [7, 11) is 0. The highest BCUT2D eigenvalue weighted by Gasteiger charge is 2.11. The van der Waals surface area contributed by atoms with E-state index in [1.165, 1.54) is 17.3 Å². The Labute approximate surface area is 184 Å². The molecule has 0 aliphatic rings. The molecule has 0 radical (unpaired) electrons. The summed E-state index contributed by atoms with van der Waals surface area (Å²) in [4.78, 5) is 3.00. The van der Waals surface area contributed by atoms with E-state index in [4.69, 9.17) is 12.2 Å². The van der Waals surface area contributed by atoms with E-state index >= 15 is 0 Å². The average Bonchev–Trinajstić information content (AvgIpc) is 3.11. The number of thiocarbonyl (C=S) groups is 1. The average molecular weight is 430 g/mol. The van der Waals surface area contributed by atoms with Crippen LogP contribution in [0.15, 0.2) is 95.2 Å². The summed E-state index contributed by atoms with van der Waals surface area (Å²) in [6.07, 6.45) is 1.83. The first kappa shape index (κ1) is 20.1. The second-order valence-electron chi connectivity index (χ2n) is 6.57. The summed E-state index contributed by atoms with van der Waals surface area (Å²) < 4.78 is 0.462. The van der Waals surface area contributed by atoms with Crippen LogP contribution in [0.25, 0.3) is 22.7 Å². The number of thioether (sulfide) groups is 1. The SMILES string of the molecule is Oc1[nH]c2ccccc2c1/C=C(\N=NC(=S)SCc1ccccc1)c1ccccc1. The molecular formula is C24H19N3OS2. The fraction of sp³-hybridized carbons (Fsp3) is 0.0417. The van der Waals surface area contributed by atoms with E-state index in [9.17, 15) is 5.11 Å². The minimum absolute atomic E-state index is 0.0980. The third kappa shape index (κ3) is 4.84. The van der Waals surface area contributed by atoms with Crippen LogP contribution in [0.5, 0.6) is 5.88 Å². The van der Waals surface area contributed by atoms with Gasteiger partial charge in [0.05, 0.1) is 5.70 Å². The molecule has 6 heteroatoms. The summed E-state index contributed by atoms with van der Waals surface area (Å²) in [5.41, 5.74) is 4.23. The molecule has 1 heterocycles. The van der Waals surface area contributed by atoms with Gasteiger partial charge in [0, 0.05) is 27.8 Å². The van der Waals surface area contributed by atoms with Crippen molar-refractivity contribution in [2.75, 3.05) is 0 Å². The molecule has 0 saturated carbocycles. The van der Waals surface area contributed by atoms with Gasteiger partial charge in [-0.05, 0) is 29.9 Å². The molecule has 0 bridgehead atoms. The summed E-state index contributed by atoms with van der Waals surface area (Å²) in [5.74, 6) is 0.840. The molecule has 0 atom stereocenters.